The predicted molar refractivity (Wildman–Crippen MR) is 113 cm³/mol. The van der Waals surface area contributed by atoms with Gasteiger partial charge in [-0.25, -0.2) is 9.37 Å². The number of anilines is 1. The number of rotatable bonds is 8. The highest BCUT2D eigenvalue weighted by molar-refractivity contribution is 7.16. The highest BCUT2D eigenvalue weighted by Crippen LogP contribution is 2.28. The van der Waals surface area contributed by atoms with Crippen molar-refractivity contribution in [2.75, 3.05) is 18.6 Å². The Bertz CT molecular complexity index is 984. The largest absolute Gasteiger partial charge is 0.490 e. The number of benzene rings is 2. The number of carbonyl (C=O) groups excluding carboxylic acids is 1. The van der Waals surface area contributed by atoms with Crippen molar-refractivity contribution < 1.29 is 13.9 Å². The Labute approximate surface area is 168 Å². The number of allylic oxidation sites excluding steroid dienone is 2. The molecule has 0 aliphatic carbocycles. The number of hydrogen-bond acceptors (Lipinski definition) is 4. The number of thiazole rings is 1. The summed E-state index contributed by atoms with van der Waals surface area (Å²) in [5.74, 6) is -0.646. The molecule has 0 spiro atoms. The van der Waals surface area contributed by atoms with E-state index >= 15 is 0 Å². The van der Waals surface area contributed by atoms with Crippen LogP contribution in [0.4, 0.5) is 10.1 Å². The molecule has 4 nitrogen and oxygen atoms in total. The SMILES string of the molecule is CCC=CCCCOc1cccc(N(C)C(=O)c2ccc3ncsc3c2)c1F. The summed E-state index contributed by atoms with van der Waals surface area (Å²) in [5, 5.41) is 0. The van der Waals surface area contributed by atoms with Gasteiger partial charge in [0.15, 0.2) is 11.6 Å². The van der Waals surface area contributed by atoms with Gasteiger partial charge in [-0.1, -0.05) is 25.1 Å². The van der Waals surface area contributed by atoms with Crippen molar-refractivity contribution in [2.45, 2.75) is 26.2 Å². The van der Waals surface area contributed by atoms with Crippen LogP contribution in [0.15, 0.2) is 54.1 Å². The first-order valence-electron chi connectivity index (χ1n) is 9.29. The second-order valence-corrected chi connectivity index (χ2v) is 7.24. The van der Waals surface area contributed by atoms with E-state index in [-0.39, 0.29) is 17.3 Å². The minimum Gasteiger partial charge on any atom is -0.490 e. The van der Waals surface area contributed by atoms with Gasteiger partial charge >= 0.3 is 0 Å². The van der Waals surface area contributed by atoms with Gasteiger partial charge in [0.1, 0.15) is 0 Å². The first-order valence-corrected chi connectivity index (χ1v) is 10.2. The Morgan fingerprint density at radius 1 is 1.29 bits per heavy atom. The number of carbonyl (C=O) groups is 1. The molecular weight excluding hydrogens is 375 g/mol. The summed E-state index contributed by atoms with van der Waals surface area (Å²) in [4.78, 5) is 18.4. The van der Waals surface area contributed by atoms with Gasteiger partial charge in [-0.05, 0) is 49.6 Å². The van der Waals surface area contributed by atoms with Gasteiger partial charge in [-0.2, -0.15) is 0 Å². The van der Waals surface area contributed by atoms with Gasteiger partial charge < -0.3 is 9.64 Å². The molecule has 0 aliphatic heterocycles. The van der Waals surface area contributed by atoms with Crippen molar-refractivity contribution in [1.82, 2.24) is 4.98 Å². The van der Waals surface area contributed by atoms with Crippen LogP contribution in [0.1, 0.15) is 36.5 Å². The van der Waals surface area contributed by atoms with Crippen LogP contribution in [0.5, 0.6) is 5.75 Å². The molecule has 0 unspecified atom stereocenters. The normalized spacial score (nSPS) is 11.2. The van der Waals surface area contributed by atoms with E-state index in [0.29, 0.717) is 12.2 Å². The summed E-state index contributed by atoms with van der Waals surface area (Å²) in [6.07, 6.45) is 6.92. The molecule has 0 fully saturated rings. The van der Waals surface area contributed by atoms with Crippen molar-refractivity contribution >= 4 is 33.1 Å². The number of unbranched alkanes of at least 4 members (excludes halogenated alkanes) is 1. The van der Waals surface area contributed by atoms with Crippen LogP contribution < -0.4 is 9.64 Å². The van der Waals surface area contributed by atoms with Crippen molar-refractivity contribution in [3.8, 4) is 5.75 Å². The number of halogens is 1. The van der Waals surface area contributed by atoms with Crippen LogP contribution in [0.3, 0.4) is 0 Å². The average molecular weight is 399 g/mol. The molecule has 0 saturated carbocycles. The Morgan fingerprint density at radius 2 is 2.14 bits per heavy atom. The number of amides is 1. The third kappa shape index (κ3) is 4.57. The van der Waals surface area contributed by atoms with Crippen molar-refractivity contribution in [1.29, 1.82) is 0 Å². The molecule has 0 N–H and O–H groups in total. The number of aromatic nitrogens is 1. The maximum absolute atomic E-state index is 14.9. The van der Waals surface area contributed by atoms with E-state index in [4.69, 9.17) is 4.74 Å². The van der Waals surface area contributed by atoms with Crippen molar-refractivity contribution in [2.24, 2.45) is 0 Å². The second kappa shape index (κ2) is 9.46. The lowest BCUT2D eigenvalue weighted by atomic mass is 10.1. The predicted octanol–water partition coefficient (Wildman–Crippen LogP) is 5.84. The maximum Gasteiger partial charge on any atom is 0.258 e. The molecule has 0 aliphatic rings. The fraction of sp³-hybridized carbons (Fsp3) is 0.273. The Kier molecular flexibility index (Phi) is 6.76. The highest BCUT2D eigenvalue weighted by atomic mass is 32.1. The number of fused-ring (bicyclic) bond motifs is 1. The van der Waals surface area contributed by atoms with Crippen LogP contribution in [0.25, 0.3) is 10.2 Å². The minimum atomic E-state index is -0.527. The van der Waals surface area contributed by atoms with Gasteiger partial charge in [0, 0.05) is 12.6 Å². The number of ether oxygens (including phenoxy) is 1. The molecule has 1 aromatic heterocycles. The van der Waals surface area contributed by atoms with Crippen LogP contribution in [0, 0.1) is 5.82 Å². The number of hydrogen-bond donors (Lipinski definition) is 0. The zero-order chi connectivity index (χ0) is 19.9. The van der Waals surface area contributed by atoms with Crippen LogP contribution in [-0.4, -0.2) is 24.5 Å². The molecule has 146 valence electrons. The fourth-order valence-electron chi connectivity index (χ4n) is 2.83. The van der Waals surface area contributed by atoms with E-state index < -0.39 is 5.82 Å². The zero-order valence-corrected chi connectivity index (χ0v) is 16.8. The topological polar surface area (TPSA) is 42.4 Å². The molecule has 3 rings (SSSR count). The van der Waals surface area contributed by atoms with E-state index in [2.05, 4.69) is 24.1 Å². The summed E-state index contributed by atoms with van der Waals surface area (Å²) >= 11 is 1.47. The Balaban J connectivity index is 1.71. The van der Waals surface area contributed by atoms with Gasteiger partial charge in [0.25, 0.3) is 5.91 Å². The van der Waals surface area contributed by atoms with E-state index in [1.54, 1.807) is 49.0 Å². The molecule has 1 heterocycles. The lowest BCUT2D eigenvalue weighted by Gasteiger charge is -2.19. The molecule has 28 heavy (non-hydrogen) atoms. The van der Waals surface area contributed by atoms with Gasteiger partial charge in [0.2, 0.25) is 0 Å². The average Bonchev–Trinajstić information content (AvgIpc) is 3.18. The third-order valence-electron chi connectivity index (χ3n) is 4.36. The standard InChI is InChI=1S/C22H23FN2O2S/c1-3-4-5-6-7-13-27-19-10-8-9-18(21(19)23)25(2)22(26)16-11-12-17-20(14-16)28-15-24-17/h4-5,8-12,14-15H,3,6-7,13H2,1-2H3. The van der Waals surface area contributed by atoms with E-state index in [9.17, 15) is 9.18 Å². The summed E-state index contributed by atoms with van der Waals surface area (Å²) in [5.41, 5.74) is 3.27. The summed E-state index contributed by atoms with van der Waals surface area (Å²) in [7, 11) is 1.57. The van der Waals surface area contributed by atoms with E-state index in [1.165, 1.54) is 16.2 Å². The molecule has 2 aromatic carbocycles. The first-order chi connectivity index (χ1) is 13.6. The molecule has 1 amide bonds. The maximum atomic E-state index is 14.9. The van der Waals surface area contributed by atoms with Crippen LogP contribution in [0.2, 0.25) is 0 Å². The third-order valence-corrected chi connectivity index (χ3v) is 5.15. The van der Waals surface area contributed by atoms with Crippen molar-refractivity contribution in [3.63, 3.8) is 0 Å². The van der Waals surface area contributed by atoms with Gasteiger partial charge in [-0.15, -0.1) is 11.3 Å². The van der Waals surface area contributed by atoms with Crippen molar-refractivity contribution in [3.05, 3.63) is 65.4 Å². The van der Waals surface area contributed by atoms with Crippen LogP contribution in [-0.2, 0) is 0 Å². The van der Waals surface area contributed by atoms with Gasteiger partial charge in [-0.3, -0.25) is 4.79 Å². The summed E-state index contributed by atoms with van der Waals surface area (Å²) in [6, 6.07) is 10.2. The molecule has 0 radical (unpaired) electrons. The monoisotopic (exact) mass is 398 g/mol. The first kappa shape index (κ1) is 20.0. The lowest BCUT2D eigenvalue weighted by Crippen LogP contribution is -2.27. The Hall–Kier alpha value is -2.73. The summed E-state index contributed by atoms with van der Waals surface area (Å²) in [6.45, 7) is 2.51. The molecule has 0 atom stereocenters. The van der Waals surface area contributed by atoms with E-state index in [1.807, 2.05) is 0 Å². The molecular formula is C22H23FN2O2S. The molecule has 0 saturated heterocycles. The molecule has 3 aromatic rings. The van der Waals surface area contributed by atoms with Crippen LogP contribution >= 0.6 is 11.3 Å². The summed E-state index contributed by atoms with van der Waals surface area (Å²) < 4.78 is 21.4. The molecule has 0 bridgehead atoms. The zero-order valence-electron chi connectivity index (χ0n) is 16.0. The molecule has 6 heteroatoms. The minimum absolute atomic E-state index is 0.162. The second-order valence-electron chi connectivity index (χ2n) is 6.36. The smallest absolute Gasteiger partial charge is 0.258 e. The van der Waals surface area contributed by atoms with Gasteiger partial charge in [0.05, 0.1) is 28.0 Å². The quantitative estimate of drug-likeness (QED) is 0.354. The Morgan fingerprint density at radius 3 is 2.96 bits per heavy atom. The number of nitrogens with zero attached hydrogens (tertiary/aromatic N) is 2. The fourth-order valence-corrected chi connectivity index (χ4v) is 3.55. The lowest BCUT2D eigenvalue weighted by molar-refractivity contribution is 0.0992. The highest BCUT2D eigenvalue weighted by Gasteiger charge is 2.19. The van der Waals surface area contributed by atoms with E-state index in [0.717, 1.165) is 29.5 Å².